The molecule has 1 saturated carbocycles. The topological polar surface area (TPSA) is 121 Å². The average molecular weight is 629 g/mol. The van der Waals surface area contributed by atoms with Crippen LogP contribution in [0.25, 0.3) is 10.9 Å². The van der Waals surface area contributed by atoms with E-state index in [0.717, 1.165) is 10.7 Å². The summed E-state index contributed by atoms with van der Waals surface area (Å²) in [5.74, 6) is -1.46. The standard InChI is InChI=1S/C30H29ClF4N8O/c1-28(2,3)15-39-24-17(12-36)13-38-26-20(24)10-18(11-21(26)31)40-25(16-5-6-22(32)19(9-16)27(44)37-4)23-14-43(42-41-23)29(7-8-29)30(33,34)35/h5-6,9-11,13-14,25,40H,7-8,15H2,1-4H3,(H,37,44)(H,38,39)/t25-/m0/s1. The van der Waals surface area contributed by atoms with Crippen LogP contribution in [0.2, 0.25) is 5.02 Å². The molecule has 0 unspecified atom stereocenters. The molecule has 1 aliphatic carbocycles. The maximum Gasteiger partial charge on any atom is 0.413 e. The van der Waals surface area contributed by atoms with E-state index in [9.17, 15) is 27.6 Å². The van der Waals surface area contributed by atoms with Crippen LogP contribution in [0, 0.1) is 22.6 Å². The zero-order valence-electron chi connectivity index (χ0n) is 24.3. The molecule has 1 fully saturated rings. The van der Waals surface area contributed by atoms with Crippen molar-refractivity contribution in [2.75, 3.05) is 24.2 Å². The second-order valence-electron chi connectivity index (χ2n) is 11.9. The van der Waals surface area contributed by atoms with Gasteiger partial charge in [-0.1, -0.05) is 43.7 Å². The lowest BCUT2D eigenvalue weighted by Crippen LogP contribution is -2.35. The first kappa shape index (κ1) is 31.0. The molecule has 2 heterocycles. The Hall–Kier alpha value is -4.44. The van der Waals surface area contributed by atoms with Crippen LogP contribution in [0.1, 0.15) is 66.8 Å². The average Bonchev–Trinajstić information content (AvgIpc) is 3.65. The van der Waals surface area contributed by atoms with Crippen molar-refractivity contribution in [2.45, 2.75) is 51.4 Å². The third-order valence-electron chi connectivity index (χ3n) is 7.44. The molecule has 1 amide bonds. The van der Waals surface area contributed by atoms with Crippen molar-refractivity contribution in [3.63, 3.8) is 0 Å². The molecule has 0 aliphatic heterocycles. The number of carbonyl (C=O) groups is 1. The number of aromatic nitrogens is 4. The van der Waals surface area contributed by atoms with Crippen LogP contribution < -0.4 is 16.0 Å². The maximum atomic E-state index is 14.6. The van der Waals surface area contributed by atoms with Crippen LogP contribution in [0.4, 0.5) is 28.9 Å². The summed E-state index contributed by atoms with van der Waals surface area (Å²) in [5.41, 5.74) is -0.444. The summed E-state index contributed by atoms with van der Waals surface area (Å²) in [4.78, 5) is 16.8. The van der Waals surface area contributed by atoms with E-state index < -0.39 is 29.5 Å². The Balaban J connectivity index is 1.63. The second-order valence-corrected chi connectivity index (χ2v) is 12.3. The predicted molar refractivity (Wildman–Crippen MR) is 158 cm³/mol. The first-order chi connectivity index (χ1) is 20.7. The molecule has 1 aliphatic rings. The zero-order chi connectivity index (χ0) is 32.0. The fourth-order valence-corrected chi connectivity index (χ4v) is 5.14. The van der Waals surface area contributed by atoms with Gasteiger partial charge in [-0.05, 0) is 48.1 Å². The van der Waals surface area contributed by atoms with Gasteiger partial charge in [0.1, 0.15) is 17.6 Å². The largest absolute Gasteiger partial charge is 0.413 e. The lowest BCUT2D eigenvalue weighted by Gasteiger charge is -2.23. The molecule has 0 saturated heterocycles. The second kappa shape index (κ2) is 11.2. The highest BCUT2D eigenvalue weighted by molar-refractivity contribution is 6.35. The summed E-state index contributed by atoms with van der Waals surface area (Å²) in [6, 6.07) is 8.25. The van der Waals surface area contributed by atoms with Crippen molar-refractivity contribution >= 4 is 39.8 Å². The number of nitrogens with one attached hydrogen (secondary N) is 3. The van der Waals surface area contributed by atoms with E-state index in [4.69, 9.17) is 11.6 Å². The summed E-state index contributed by atoms with van der Waals surface area (Å²) in [6.45, 7) is 6.63. The fraction of sp³-hybridized carbons (Fsp3) is 0.367. The number of nitriles is 1. The molecule has 3 N–H and O–H groups in total. The Kier molecular flexibility index (Phi) is 7.92. The van der Waals surface area contributed by atoms with Gasteiger partial charge in [-0.3, -0.25) is 9.78 Å². The highest BCUT2D eigenvalue weighted by atomic mass is 35.5. The van der Waals surface area contributed by atoms with Crippen LogP contribution >= 0.6 is 11.6 Å². The van der Waals surface area contributed by atoms with Crippen molar-refractivity contribution in [1.82, 2.24) is 25.3 Å². The molecule has 0 bridgehead atoms. The summed E-state index contributed by atoms with van der Waals surface area (Å²) in [7, 11) is 1.36. The van der Waals surface area contributed by atoms with E-state index in [1.807, 2.05) is 20.8 Å². The summed E-state index contributed by atoms with van der Waals surface area (Å²) in [6.07, 6.45) is -2.16. The van der Waals surface area contributed by atoms with Gasteiger partial charge in [0.15, 0.2) is 5.54 Å². The molecule has 44 heavy (non-hydrogen) atoms. The van der Waals surface area contributed by atoms with Crippen LogP contribution in [0.15, 0.2) is 42.7 Å². The Morgan fingerprint density at radius 1 is 1.20 bits per heavy atom. The minimum atomic E-state index is -4.53. The maximum absolute atomic E-state index is 14.6. The Morgan fingerprint density at radius 2 is 1.93 bits per heavy atom. The minimum Gasteiger partial charge on any atom is -0.383 e. The van der Waals surface area contributed by atoms with Gasteiger partial charge in [0.2, 0.25) is 0 Å². The van der Waals surface area contributed by atoms with Gasteiger partial charge in [0, 0.05) is 30.9 Å². The molecule has 230 valence electrons. The number of carbonyl (C=O) groups excluding carboxylic acids is 1. The normalized spacial score (nSPS) is 15.0. The Bertz CT molecular complexity index is 1790. The molecule has 14 heteroatoms. The molecular weight excluding hydrogens is 600 g/mol. The van der Waals surface area contributed by atoms with Crippen LogP contribution in [-0.4, -0.2) is 45.7 Å². The first-order valence-electron chi connectivity index (χ1n) is 13.7. The van der Waals surface area contributed by atoms with E-state index in [1.165, 1.54) is 31.6 Å². The zero-order valence-corrected chi connectivity index (χ0v) is 25.0. The number of nitrogens with zero attached hydrogens (tertiary/aromatic N) is 5. The third kappa shape index (κ3) is 5.86. The van der Waals surface area contributed by atoms with Crippen molar-refractivity contribution in [2.24, 2.45) is 5.41 Å². The van der Waals surface area contributed by atoms with Crippen molar-refractivity contribution in [3.8, 4) is 6.07 Å². The Labute approximate surface area is 255 Å². The minimum absolute atomic E-state index is 0.0983. The number of fused-ring (bicyclic) bond motifs is 1. The van der Waals surface area contributed by atoms with E-state index in [1.54, 1.807) is 12.1 Å². The number of halogens is 5. The van der Waals surface area contributed by atoms with Crippen LogP contribution in [0.3, 0.4) is 0 Å². The van der Waals surface area contributed by atoms with Crippen molar-refractivity contribution in [3.05, 3.63) is 75.9 Å². The number of rotatable bonds is 8. The summed E-state index contributed by atoms with van der Waals surface area (Å²) >= 11 is 6.65. The van der Waals surface area contributed by atoms with Gasteiger partial charge in [-0.15, -0.1) is 5.10 Å². The van der Waals surface area contributed by atoms with Gasteiger partial charge < -0.3 is 16.0 Å². The molecule has 9 nitrogen and oxygen atoms in total. The van der Waals surface area contributed by atoms with Crippen LogP contribution in [-0.2, 0) is 5.54 Å². The number of hydrogen-bond acceptors (Lipinski definition) is 7. The van der Waals surface area contributed by atoms with Gasteiger partial charge in [-0.2, -0.15) is 18.4 Å². The quantitative estimate of drug-likeness (QED) is 0.189. The molecule has 0 radical (unpaired) electrons. The van der Waals surface area contributed by atoms with Gasteiger partial charge >= 0.3 is 6.18 Å². The number of anilines is 2. The van der Waals surface area contributed by atoms with Crippen molar-refractivity contribution < 1.29 is 22.4 Å². The molecule has 1 atom stereocenters. The molecule has 5 rings (SSSR count). The number of benzene rings is 2. The number of amides is 1. The molecule has 4 aromatic rings. The lowest BCUT2D eigenvalue weighted by atomic mass is 9.96. The number of alkyl halides is 3. The predicted octanol–water partition coefficient (Wildman–Crippen LogP) is 6.56. The van der Waals surface area contributed by atoms with Crippen molar-refractivity contribution in [1.29, 1.82) is 5.26 Å². The van der Waals surface area contributed by atoms with E-state index in [-0.39, 0.29) is 34.5 Å². The molecule has 0 spiro atoms. The molecule has 2 aromatic heterocycles. The third-order valence-corrected chi connectivity index (χ3v) is 7.73. The number of hydrogen-bond donors (Lipinski definition) is 3. The van der Waals surface area contributed by atoms with E-state index in [0.29, 0.717) is 39.9 Å². The summed E-state index contributed by atoms with van der Waals surface area (Å²) in [5, 5.41) is 27.4. The number of pyridine rings is 1. The highest BCUT2D eigenvalue weighted by Crippen LogP contribution is 2.55. The fourth-order valence-electron chi connectivity index (χ4n) is 4.88. The van der Waals surface area contributed by atoms with Gasteiger partial charge in [-0.25, -0.2) is 9.07 Å². The van der Waals surface area contributed by atoms with Gasteiger partial charge in [0.05, 0.1) is 39.6 Å². The lowest BCUT2D eigenvalue weighted by molar-refractivity contribution is -0.182. The molecular formula is C30H29ClF4N8O. The SMILES string of the molecule is CNC(=O)c1cc([C@H](Nc2cc(Cl)c3ncc(C#N)c(NCC(C)(C)C)c3c2)c2cn(C3(C(F)(F)F)CC3)nn2)ccc1F. The van der Waals surface area contributed by atoms with E-state index >= 15 is 0 Å². The van der Waals surface area contributed by atoms with Crippen LogP contribution in [0.5, 0.6) is 0 Å². The highest BCUT2D eigenvalue weighted by Gasteiger charge is 2.66. The monoisotopic (exact) mass is 628 g/mol. The summed E-state index contributed by atoms with van der Waals surface area (Å²) < 4.78 is 57.0. The van der Waals surface area contributed by atoms with Gasteiger partial charge in [0.25, 0.3) is 5.91 Å². The first-order valence-corrected chi connectivity index (χ1v) is 14.1. The smallest absolute Gasteiger partial charge is 0.383 e. The molecule has 2 aromatic carbocycles. The Morgan fingerprint density at radius 3 is 2.55 bits per heavy atom. The van der Waals surface area contributed by atoms with E-state index in [2.05, 4.69) is 37.3 Å².